The van der Waals surface area contributed by atoms with E-state index in [0.717, 1.165) is 0 Å². The first-order valence-electron chi connectivity index (χ1n) is 13.9. The Morgan fingerprint density at radius 3 is 1.08 bits per heavy atom. The van der Waals surface area contributed by atoms with Crippen molar-refractivity contribution in [2.75, 3.05) is 0 Å². The maximum atomic E-state index is 11.6. The van der Waals surface area contributed by atoms with E-state index >= 15 is 0 Å². The van der Waals surface area contributed by atoms with Gasteiger partial charge in [0.05, 0.1) is 12.5 Å². The van der Waals surface area contributed by atoms with Crippen LogP contribution in [0.3, 0.4) is 0 Å². The second kappa shape index (κ2) is 14.7. The molecule has 0 fully saturated rings. The molecule has 1 unspecified atom stereocenters. The second-order valence-corrected chi connectivity index (χ2v) is 16.7. The van der Waals surface area contributed by atoms with Gasteiger partial charge in [-0.2, -0.15) is 0 Å². The van der Waals surface area contributed by atoms with Crippen LogP contribution in [0, 0.1) is 32.5 Å². The molecule has 0 rings (SSSR count). The summed E-state index contributed by atoms with van der Waals surface area (Å²) < 4.78 is 0. The third-order valence-corrected chi connectivity index (χ3v) is 6.10. The van der Waals surface area contributed by atoms with Gasteiger partial charge in [-0.25, -0.2) is 0 Å². The van der Waals surface area contributed by atoms with E-state index in [0.29, 0.717) is 5.70 Å². The lowest BCUT2D eigenvalue weighted by molar-refractivity contribution is -0.135. The van der Waals surface area contributed by atoms with Gasteiger partial charge < -0.3 is 10.8 Å². The van der Waals surface area contributed by atoms with E-state index in [-0.39, 0.29) is 57.6 Å². The monoisotopic (exact) mass is 553 g/mol. The number of aliphatic hydroxyl groups is 1. The number of ketones is 4. The summed E-state index contributed by atoms with van der Waals surface area (Å²) in [6.45, 7) is 34.1. The smallest absolute Gasteiger partial charge is 0.162 e. The highest BCUT2D eigenvalue weighted by Gasteiger charge is 2.30. The predicted molar refractivity (Wildman–Crippen MR) is 164 cm³/mol. The number of rotatable bonds is 5. The van der Waals surface area contributed by atoms with Gasteiger partial charge in [0.2, 0.25) is 0 Å². The van der Waals surface area contributed by atoms with Crippen LogP contribution in [0.5, 0.6) is 0 Å². The van der Waals surface area contributed by atoms with Gasteiger partial charge in [-0.3, -0.25) is 19.2 Å². The largest absolute Gasteiger partial charge is 0.402 e. The second-order valence-electron chi connectivity index (χ2n) is 16.7. The minimum Gasteiger partial charge on any atom is -0.402 e. The third-order valence-electron chi connectivity index (χ3n) is 6.10. The molecule has 3 N–H and O–H groups in total. The number of Topliss-reactive ketones (excluding diaryl/α,β-unsaturated/α-hetero) is 3. The van der Waals surface area contributed by atoms with Gasteiger partial charge in [-0.15, -0.1) is 0 Å². The van der Waals surface area contributed by atoms with Crippen molar-refractivity contribution >= 4 is 23.1 Å². The van der Waals surface area contributed by atoms with Gasteiger partial charge in [-0.1, -0.05) is 125 Å². The summed E-state index contributed by atoms with van der Waals surface area (Å²) in [4.78, 5) is 46.1. The first-order valence-corrected chi connectivity index (χ1v) is 13.9. The van der Waals surface area contributed by atoms with Crippen LogP contribution in [0.4, 0.5) is 0 Å². The molecule has 0 amide bonds. The van der Waals surface area contributed by atoms with Crippen LogP contribution in [0.25, 0.3) is 0 Å². The molecule has 0 radical (unpaired) electrons. The Morgan fingerprint density at radius 2 is 0.872 bits per heavy atom. The summed E-state index contributed by atoms with van der Waals surface area (Å²) in [7, 11) is 0. The lowest BCUT2D eigenvalue weighted by atomic mass is 9.81. The molecule has 0 bridgehead atoms. The first-order chi connectivity index (χ1) is 16.6. The Kier molecular flexibility index (Phi) is 15.7. The normalized spacial score (nSPS) is 14.3. The highest BCUT2D eigenvalue weighted by molar-refractivity contribution is 6.03. The Bertz CT molecular complexity index is 829. The SMILES string of the molecule is CC(C)(C)C(=O)/C=C(\N)C(C)(C)C.CC(C)(C)C(=O)CC(=O)C(C)(C)C.CC(C)(C)C(=O)CC(O)C(C)(C)C. The van der Waals surface area contributed by atoms with Gasteiger partial charge in [0.15, 0.2) is 5.78 Å². The number of allylic oxidation sites excluding steroid dienone is 2. The van der Waals surface area contributed by atoms with E-state index in [1.165, 1.54) is 0 Å². The zero-order chi connectivity index (χ0) is 32.6. The number of carbonyl (C=O) groups excluding carboxylic acids is 4. The maximum Gasteiger partial charge on any atom is 0.162 e. The van der Waals surface area contributed by atoms with Crippen molar-refractivity contribution in [2.24, 2.45) is 38.2 Å². The fourth-order valence-electron chi connectivity index (χ4n) is 2.04. The summed E-state index contributed by atoms with van der Waals surface area (Å²) >= 11 is 0. The van der Waals surface area contributed by atoms with Crippen LogP contribution in [0.1, 0.15) is 137 Å². The predicted octanol–water partition coefficient (Wildman–Crippen LogP) is 7.50. The van der Waals surface area contributed by atoms with Crippen molar-refractivity contribution < 1.29 is 24.3 Å². The van der Waals surface area contributed by atoms with Crippen molar-refractivity contribution in [1.29, 1.82) is 0 Å². The van der Waals surface area contributed by atoms with Gasteiger partial charge in [0.25, 0.3) is 0 Å². The molecule has 0 aliphatic rings. The Hall–Kier alpha value is -1.82. The molecule has 6 heteroatoms. The Labute approximate surface area is 241 Å². The molecule has 0 aliphatic heterocycles. The number of carbonyl (C=O) groups is 4. The number of hydrogen-bond donors (Lipinski definition) is 2. The molecule has 0 saturated heterocycles. The maximum absolute atomic E-state index is 11.6. The van der Waals surface area contributed by atoms with Crippen molar-refractivity contribution in [1.82, 2.24) is 0 Å². The van der Waals surface area contributed by atoms with E-state index in [1.54, 1.807) is 6.08 Å². The van der Waals surface area contributed by atoms with Crippen LogP contribution in [-0.4, -0.2) is 34.3 Å². The van der Waals surface area contributed by atoms with Crippen LogP contribution in [0.2, 0.25) is 0 Å². The quantitative estimate of drug-likeness (QED) is 0.269. The molecule has 230 valence electrons. The minimum atomic E-state index is -0.542. The minimum absolute atomic E-state index is 0.0208. The van der Waals surface area contributed by atoms with Gasteiger partial charge in [0, 0.05) is 45.3 Å². The van der Waals surface area contributed by atoms with Crippen LogP contribution in [0.15, 0.2) is 11.8 Å². The van der Waals surface area contributed by atoms with Crippen molar-refractivity contribution in [2.45, 2.75) is 144 Å². The first kappa shape index (κ1) is 41.7. The fourth-order valence-corrected chi connectivity index (χ4v) is 2.04. The third kappa shape index (κ3) is 19.8. The topological polar surface area (TPSA) is 115 Å². The number of nitrogens with two attached hydrogens (primary N) is 1. The summed E-state index contributed by atoms with van der Waals surface area (Å²) in [5, 5.41) is 9.70. The summed E-state index contributed by atoms with van der Waals surface area (Å²) in [6, 6.07) is 0. The van der Waals surface area contributed by atoms with E-state index in [2.05, 4.69) is 0 Å². The number of aliphatic hydroxyl groups excluding tert-OH is 1. The molecule has 0 aromatic rings. The zero-order valence-electron chi connectivity index (χ0n) is 28.7. The van der Waals surface area contributed by atoms with Crippen LogP contribution in [-0.2, 0) is 19.2 Å². The lowest BCUT2D eigenvalue weighted by Crippen LogP contribution is -2.32. The molecule has 0 aromatic heterocycles. The fraction of sp³-hybridized carbons (Fsp3) is 0.818. The van der Waals surface area contributed by atoms with E-state index < -0.39 is 16.9 Å². The highest BCUT2D eigenvalue weighted by Crippen LogP contribution is 2.26. The standard InChI is InChI=1S/C11H21NO.C11H22O2.C11H20O2/c3*1-10(2,3)8(12)7-9(13)11(4,5)6/h7H,12H2,1-6H3;8,12H,7H2,1-6H3;7H2,1-6H3/b8-7-;;. The molecule has 6 nitrogen and oxygen atoms in total. The summed E-state index contributed by atoms with van der Waals surface area (Å²) in [5.74, 6) is 0.245. The Morgan fingerprint density at radius 1 is 0.564 bits per heavy atom. The van der Waals surface area contributed by atoms with E-state index in [9.17, 15) is 24.3 Å². The van der Waals surface area contributed by atoms with Gasteiger partial charge >= 0.3 is 0 Å². The lowest BCUT2D eigenvalue weighted by Gasteiger charge is -2.27. The van der Waals surface area contributed by atoms with Crippen LogP contribution < -0.4 is 5.73 Å². The number of hydrogen-bond acceptors (Lipinski definition) is 6. The van der Waals surface area contributed by atoms with Crippen molar-refractivity contribution in [3.8, 4) is 0 Å². The van der Waals surface area contributed by atoms with Crippen LogP contribution >= 0.6 is 0 Å². The molecule has 0 aromatic carbocycles. The average molecular weight is 554 g/mol. The molecule has 0 aliphatic carbocycles. The van der Waals surface area contributed by atoms with Crippen molar-refractivity contribution in [3.63, 3.8) is 0 Å². The molecular weight excluding hydrogens is 490 g/mol. The summed E-state index contributed by atoms with van der Waals surface area (Å²) in [5.41, 5.74) is 4.62. The van der Waals surface area contributed by atoms with E-state index in [1.807, 2.05) is 125 Å². The molecule has 1 atom stereocenters. The summed E-state index contributed by atoms with van der Waals surface area (Å²) in [6.07, 6.45) is 1.33. The average Bonchev–Trinajstić information content (AvgIpc) is 2.64. The molecule has 39 heavy (non-hydrogen) atoms. The molecule has 0 saturated carbocycles. The molecule has 0 heterocycles. The molecular formula is C33H63NO5. The zero-order valence-corrected chi connectivity index (χ0v) is 28.7. The van der Waals surface area contributed by atoms with Gasteiger partial charge in [0.1, 0.15) is 17.3 Å². The Balaban J connectivity index is -0.000000498. The van der Waals surface area contributed by atoms with E-state index in [4.69, 9.17) is 5.73 Å². The van der Waals surface area contributed by atoms with Crippen molar-refractivity contribution in [3.05, 3.63) is 11.8 Å². The molecule has 0 spiro atoms. The van der Waals surface area contributed by atoms with Gasteiger partial charge in [-0.05, 0) is 5.41 Å². The highest BCUT2D eigenvalue weighted by atomic mass is 16.3.